The predicted octanol–water partition coefficient (Wildman–Crippen LogP) is 2.15. The summed E-state index contributed by atoms with van der Waals surface area (Å²) in [5, 5.41) is 12.9. The van der Waals surface area contributed by atoms with Gasteiger partial charge in [0.25, 0.3) is 5.91 Å². The van der Waals surface area contributed by atoms with Gasteiger partial charge in [-0.15, -0.1) is 0 Å². The van der Waals surface area contributed by atoms with Crippen LogP contribution in [0.2, 0.25) is 0 Å². The monoisotopic (exact) mass is 290 g/mol. The van der Waals surface area contributed by atoms with E-state index >= 15 is 0 Å². The first-order valence-corrected chi connectivity index (χ1v) is 7.43. The molecule has 1 aromatic carbocycles. The molecule has 0 spiro atoms. The zero-order chi connectivity index (χ0) is 14.0. The number of thioether (sulfide) groups is 1. The molecule has 1 unspecified atom stereocenters. The lowest BCUT2D eigenvalue weighted by molar-refractivity contribution is -0.131. The fourth-order valence-corrected chi connectivity index (χ4v) is 3.30. The Balaban J connectivity index is 1.71. The first-order valence-electron chi connectivity index (χ1n) is 6.28. The number of oxazole rings is 1. The Morgan fingerprint density at radius 3 is 2.80 bits per heavy atom. The summed E-state index contributed by atoms with van der Waals surface area (Å²) < 4.78 is 5.20. The molecule has 2 N–H and O–H groups in total. The number of anilines is 1. The highest BCUT2D eigenvalue weighted by Crippen LogP contribution is 2.29. The van der Waals surface area contributed by atoms with Crippen LogP contribution in [0.4, 0.5) is 5.69 Å². The Kier molecular flexibility index (Phi) is 3.50. The molecule has 0 saturated carbocycles. The minimum Gasteiger partial charge on any atom is -0.444 e. The van der Waals surface area contributed by atoms with Gasteiger partial charge in [-0.3, -0.25) is 4.79 Å². The number of carbonyl (C=O) groups excluding carboxylic acids is 1. The largest absolute Gasteiger partial charge is 0.444 e. The fourth-order valence-electron chi connectivity index (χ4n) is 2.06. The van der Waals surface area contributed by atoms with Crippen LogP contribution in [0.1, 0.15) is 6.42 Å². The summed E-state index contributed by atoms with van der Waals surface area (Å²) in [5.41, 5.74) is 0.299. The molecule has 2 aromatic rings. The zero-order valence-corrected chi connectivity index (χ0v) is 11.5. The molecule has 0 bridgehead atoms. The minimum absolute atomic E-state index is 0.338. The van der Waals surface area contributed by atoms with E-state index in [0.717, 1.165) is 11.3 Å². The predicted molar refractivity (Wildman–Crippen MR) is 77.5 cm³/mol. The Morgan fingerprint density at radius 1 is 1.40 bits per heavy atom. The summed E-state index contributed by atoms with van der Waals surface area (Å²) in [4.78, 5) is 15.9. The zero-order valence-electron chi connectivity index (χ0n) is 10.7. The molecule has 1 saturated heterocycles. The molecule has 5 nitrogen and oxygen atoms in total. The number of nitrogens with one attached hydrogen (secondary N) is 1. The van der Waals surface area contributed by atoms with E-state index in [2.05, 4.69) is 10.3 Å². The fraction of sp³-hybridized carbons (Fsp3) is 0.286. The third-order valence-electron chi connectivity index (χ3n) is 3.28. The van der Waals surface area contributed by atoms with Crippen LogP contribution < -0.4 is 5.32 Å². The molecule has 6 heteroatoms. The number of amides is 1. The van der Waals surface area contributed by atoms with Crippen LogP contribution >= 0.6 is 11.8 Å². The van der Waals surface area contributed by atoms with E-state index in [0.29, 0.717) is 23.6 Å². The highest BCUT2D eigenvalue weighted by atomic mass is 32.2. The SMILES string of the molecule is O=C(Nc1ccc(-c2cnco2)cc1)C1(O)CCSC1. The van der Waals surface area contributed by atoms with Crippen LogP contribution in [0.25, 0.3) is 11.3 Å². The van der Waals surface area contributed by atoms with E-state index in [1.165, 1.54) is 6.39 Å². The highest BCUT2D eigenvalue weighted by Gasteiger charge is 2.39. The number of hydrogen-bond acceptors (Lipinski definition) is 5. The molecular weight excluding hydrogens is 276 g/mol. The number of carbonyl (C=O) groups is 1. The molecular formula is C14H14N2O3S. The van der Waals surface area contributed by atoms with Crippen molar-refractivity contribution < 1.29 is 14.3 Å². The van der Waals surface area contributed by atoms with Gasteiger partial charge >= 0.3 is 0 Å². The van der Waals surface area contributed by atoms with Gasteiger partial charge in [0.1, 0.15) is 0 Å². The Bertz CT molecular complexity index is 589. The Labute approximate surface area is 120 Å². The van der Waals surface area contributed by atoms with Gasteiger partial charge in [0.15, 0.2) is 17.8 Å². The molecule has 104 valence electrons. The van der Waals surface area contributed by atoms with E-state index in [1.54, 1.807) is 30.1 Å². The maximum absolute atomic E-state index is 12.0. The van der Waals surface area contributed by atoms with Gasteiger partial charge in [0.05, 0.1) is 6.20 Å². The van der Waals surface area contributed by atoms with Crippen molar-refractivity contribution in [2.75, 3.05) is 16.8 Å². The molecule has 1 aliphatic heterocycles. The molecule has 20 heavy (non-hydrogen) atoms. The van der Waals surface area contributed by atoms with Crippen molar-refractivity contribution in [1.82, 2.24) is 4.98 Å². The molecule has 0 aliphatic carbocycles. The first kappa shape index (κ1) is 13.2. The molecule has 2 heterocycles. The van der Waals surface area contributed by atoms with Crippen molar-refractivity contribution in [1.29, 1.82) is 0 Å². The van der Waals surface area contributed by atoms with Gasteiger partial charge in [0.2, 0.25) is 0 Å². The maximum Gasteiger partial charge on any atom is 0.257 e. The lowest BCUT2D eigenvalue weighted by atomic mass is 10.0. The van der Waals surface area contributed by atoms with Crippen LogP contribution in [-0.4, -0.2) is 33.1 Å². The summed E-state index contributed by atoms with van der Waals surface area (Å²) in [6.45, 7) is 0. The summed E-state index contributed by atoms with van der Waals surface area (Å²) in [5.74, 6) is 1.60. The molecule has 1 aromatic heterocycles. The van der Waals surface area contributed by atoms with Crippen molar-refractivity contribution in [2.24, 2.45) is 0 Å². The standard InChI is InChI=1S/C14H14N2O3S/c17-13(14(18)5-6-20-8-14)16-11-3-1-10(2-4-11)12-7-15-9-19-12/h1-4,7,9,18H,5-6,8H2,(H,16,17). The van der Waals surface area contributed by atoms with E-state index in [9.17, 15) is 9.90 Å². The smallest absolute Gasteiger partial charge is 0.257 e. The number of hydrogen-bond donors (Lipinski definition) is 2. The maximum atomic E-state index is 12.0. The minimum atomic E-state index is -1.24. The second-order valence-corrected chi connectivity index (χ2v) is 5.84. The topological polar surface area (TPSA) is 75.4 Å². The lowest BCUT2D eigenvalue weighted by Gasteiger charge is -2.20. The Hall–Kier alpha value is -1.79. The second kappa shape index (κ2) is 5.30. The van der Waals surface area contributed by atoms with Crippen molar-refractivity contribution in [3.8, 4) is 11.3 Å². The summed E-state index contributed by atoms with van der Waals surface area (Å²) >= 11 is 1.59. The number of aromatic nitrogens is 1. The van der Waals surface area contributed by atoms with Crippen molar-refractivity contribution >= 4 is 23.4 Å². The van der Waals surface area contributed by atoms with Crippen LogP contribution in [-0.2, 0) is 4.79 Å². The number of benzene rings is 1. The van der Waals surface area contributed by atoms with Crippen LogP contribution in [0, 0.1) is 0 Å². The van der Waals surface area contributed by atoms with E-state index in [4.69, 9.17) is 4.42 Å². The number of aliphatic hydroxyl groups is 1. The summed E-state index contributed by atoms with van der Waals surface area (Å²) in [7, 11) is 0. The van der Waals surface area contributed by atoms with Crippen LogP contribution in [0.5, 0.6) is 0 Å². The number of rotatable bonds is 3. The van der Waals surface area contributed by atoms with Crippen LogP contribution in [0.15, 0.2) is 41.3 Å². The summed E-state index contributed by atoms with van der Waals surface area (Å²) in [6.07, 6.45) is 3.50. The third kappa shape index (κ3) is 2.57. The molecule has 1 atom stereocenters. The average Bonchev–Trinajstić information content (AvgIpc) is 3.11. The van der Waals surface area contributed by atoms with Gasteiger partial charge < -0.3 is 14.8 Å². The molecule has 1 fully saturated rings. The molecule has 0 radical (unpaired) electrons. The van der Waals surface area contributed by atoms with Gasteiger partial charge in [0, 0.05) is 17.0 Å². The number of nitrogens with zero attached hydrogens (tertiary/aromatic N) is 1. The molecule has 1 aliphatic rings. The van der Waals surface area contributed by atoms with Gasteiger partial charge in [-0.1, -0.05) is 0 Å². The lowest BCUT2D eigenvalue weighted by Crippen LogP contribution is -2.42. The normalized spacial score (nSPS) is 21.9. The van der Waals surface area contributed by atoms with Crippen LogP contribution in [0.3, 0.4) is 0 Å². The van der Waals surface area contributed by atoms with Gasteiger partial charge in [-0.05, 0) is 36.4 Å². The van der Waals surface area contributed by atoms with E-state index in [-0.39, 0.29) is 5.91 Å². The van der Waals surface area contributed by atoms with Crippen molar-refractivity contribution in [2.45, 2.75) is 12.0 Å². The van der Waals surface area contributed by atoms with Gasteiger partial charge in [-0.25, -0.2) is 4.98 Å². The first-order chi connectivity index (χ1) is 9.67. The Morgan fingerprint density at radius 2 is 2.20 bits per heavy atom. The summed E-state index contributed by atoms with van der Waals surface area (Å²) in [6, 6.07) is 7.23. The van der Waals surface area contributed by atoms with Gasteiger partial charge in [-0.2, -0.15) is 11.8 Å². The average molecular weight is 290 g/mol. The van der Waals surface area contributed by atoms with Crippen molar-refractivity contribution in [3.63, 3.8) is 0 Å². The van der Waals surface area contributed by atoms with E-state index in [1.807, 2.05) is 12.1 Å². The third-order valence-corrected chi connectivity index (χ3v) is 4.46. The molecule has 1 amide bonds. The van der Waals surface area contributed by atoms with Crippen molar-refractivity contribution in [3.05, 3.63) is 36.9 Å². The molecule has 3 rings (SSSR count). The highest BCUT2D eigenvalue weighted by molar-refractivity contribution is 7.99. The van der Waals surface area contributed by atoms with E-state index < -0.39 is 5.60 Å². The quantitative estimate of drug-likeness (QED) is 0.906. The second-order valence-electron chi connectivity index (χ2n) is 4.73.